The number of rotatable bonds is 1. The Labute approximate surface area is 92.3 Å². The van der Waals surface area contributed by atoms with E-state index in [4.69, 9.17) is 10.7 Å². The van der Waals surface area contributed by atoms with Gasteiger partial charge < -0.3 is 0 Å². The lowest BCUT2D eigenvalue weighted by Gasteiger charge is -1.89. The van der Waals surface area contributed by atoms with Gasteiger partial charge in [-0.2, -0.15) is 4.98 Å². The minimum atomic E-state index is -3.86. The topological polar surface area (TPSA) is 64.3 Å². The van der Waals surface area contributed by atoms with Crippen LogP contribution in [0, 0.1) is 0 Å². The number of aromatic nitrogens is 3. The SMILES string of the molecule is O=S(=O)(Cl)c1nc2cc(Br)ccn2n1. The molecule has 8 heteroatoms. The standard InChI is InChI=1S/C6H3BrClN3O2S/c7-4-1-2-11-5(3-4)9-6(10-11)14(8,12)13/h1-3H. The molecular formula is C6H3BrClN3O2S. The Morgan fingerprint density at radius 2 is 2.21 bits per heavy atom. The molecule has 0 aromatic carbocycles. The Kier molecular flexibility index (Phi) is 2.24. The molecule has 5 nitrogen and oxygen atoms in total. The van der Waals surface area contributed by atoms with E-state index in [9.17, 15) is 8.42 Å². The first-order valence-corrected chi connectivity index (χ1v) is 6.54. The van der Waals surface area contributed by atoms with Crippen molar-refractivity contribution in [1.82, 2.24) is 14.6 Å². The third-order valence-corrected chi connectivity index (χ3v) is 3.01. The fraction of sp³-hybridized carbons (Fsp3) is 0. The first-order valence-electron chi connectivity index (χ1n) is 3.43. The van der Waals surface area contributed by atoms with Crippen LogP contribution < -0.4 is 0 Å². The Balaban J connectivity index is 2.75. The zero-order chi connectivity index (χ0) is 10.3. The van der Waals surface area contributed by atoms with E-state index in [1.807, 2.05) is 0 Å². The summed E-state index contributed by atoms with van der Waals surface area (Å²) in [6.07, 6.45) is 1.58. The molecule has 0 aliphatic carbocycles. The third-order valence-electron chi connectivity index (χ3n) is 1.50. The normalized spacial score (nSPS) is 12.1. The van der Waals surface area contributed by atoms with E-state index in [1.165, 1.54) is 4.52 Å². The van der Waals surface area contributed by atoms with Crippen LogP contribution >= 0.6 is 26.6 Å². The van der Waals surface area contributed by atoms with Gasteiger partial charge in [-0.3, -0.25) is 0 Å². The van der Waals surface area contributed by atoms with Crippen molar-refractivity contribution in [1.29, 1.82) is 0 Å². The maximum atomic E-state index is 10.9. The van der Waals surface area contributed by atoms with Crippen LogP contribution in [0.25, 0.3) is 5.65 Å². The highest BCUT2D eigenvalue weighted by Gasteiger charge is 2.16. The molecule has 2 heterocycles. The smallest absolute Gasteiger partial charge is 0.220 e. The van der Waals surface area contributed by atoms with Crippen molar-refractivity contribution in [2.75, 3.05) is 0 Å². The van der Waals surface area contributed by atoms with Gasteiger partial charge in [-0.15, -0.1) is 5.10 Å². The maximum Gasteiger partial charge on any atom is 0.298 e. The van der Waals surface area contributed by atoms with Gasteiger partial charge >= 0.3 is 0 Å². The van der Waals surface area contributed by atoms with Gasteiger partial charge in [0.2, 0.25) is 0 Å². The van der Waals surface area contributed by atoms with Crippen LogP contribution in [0.4, 0.5) is 0 Å². The molecule has 0 N–H and O–H groups in total. The van der Waals surface area contributed by atoms with Gasteiger partial charge in [0.15, 0.2) is 5.65 Å². The molecule has 74 valence electrons. The Morgan fingerprint density at radius 1 is 1.50 bits per heavy atom. The molecule has 0 spiro atoms. The zero-order valence-electron chi connectivity index (χ0n) is 6.55. The number of halogens is 2. The minimum absolute atomic E-state index is 0.391. The van der Waals surface area contributed by atoms with E-state index in [0.717, 1.165) is 4.47 Å². The first kappa shape index (κ1) is 9.88. The van der Waals surface area contributed by atoms with E-state index in [-0.39, 0.29) is 0 Å². The number of hydrogen-bond donors (Lipinski definition) is 0. The molecule has 0 fully saturated rings. The second-order valence-electron chi connectivity index (χ2n) is 2.48. The lowest BCUT2D eigenvalue weighted by molar-refractivity contribution is 0.601. The summed E-state index contributed by atoms with van der Waals surface area (Å²) < 4.78 is 23.9. The molecule has 2 rings (SSSR count). The fourth-order valence-corrected chi connectivity index (χ4v) is 1.85. The van der Waals surface area contributed by atoms with Crippen molar-refractivity contribution in [3.05, 3.63) is 22.8 Å². The summed E-state index contributed by atoms with van der Waals surface area (Å²) in [5, 5.41) is 3.30. The molecule has 0 saturated heterocycles. The van der Waals surface area contributed by atoms with Crippen molar-refractivity contribution >= 4 is 41.3 Å². The highest BCUT2D eigenvalue weighted by atomic mass is 79.9. The highest BCUT2D eigenvalue weighted by molar-refractivity contribution is 9.10. The quantitative estimate of drug-likeness (QED) is 0.747. The van der Waals surface area contributed by atoms with Crippen molar-refractivity contribution in [2.24, 2.45) is 0 Å². The summed E-state index contributed by atoms with van der Waals surface area (Å²) in [7, 11) is 1.23. The van der Waals surface area contributed by atoms with E-state index in [1.54, 1.807) is 18.3 Å². The van der Waals surface area contributed by atoms with E-state index in [0.29, 0.717) is 5.65 Å². The molecule has 2 aromatic rings. The average Bonchev–Trinajstić information content (AvgIpc) is 2.45. The minimum Gasteiger partial charge on any atom is -0.220 e. The van der Waals surface area contributed by atoms with Gasteiger partial charge in [-0.1, -0.05) is 15.9 Å². The molecule has 0 saturated carbocycles. The molecule has 0 unspecified atom stereocenters. The van der Waals surface area contributed by atoms with Crippen LogP contribution in [-0.4, -0.2) is 23.0 Å². The molecule has 0 amide bonds. The van der Waals surface area contributed by atoms with E-state index < -0.39 is 14.2 Å². The van der Waals surface area contributed by atoms with Gasteiger partial charge in [-0.25, -0.2) is 12.9 Å². The summed E-state index contributed by atoms with van der Waals surface area (Å²) in [6, 6.07) is 3.35. The van der Waals surface area contributed by atoms with Crippen LogP contribution in [0.15, 0.2) is 28.0 Å². The van der Waals surface area contributed by atoms with Crippen LogP contribution in [0.2, 0.25) is 0 Å². The lowest BCUT2D eigenvalue weighted by Crippen LogP contribution is -1.93. The average molecular weight is 297 g/mol. The summed E-state index contributed by atoms with van der Waals surface area (Å²) in [5.41, 5.74) is 0.415. The van der Waals surface area contributed by atoms with Crippen LogP contribution in [0.3, 0.4) is 0 Å². The van der Waals surface area contributed by atoms with E-state index in [2.05, 4.69) is 26.0 Å². The summed E-state index contributed by atoms with van der Waals surface area (Å²) in [6.45, 7) is 0. The second-order valence-corrected chi connectivity index (χ2v) is 5.86. The van der Waals surface area contributed by atoms with Crippen molar-refractivity contribution in [3.8, 4) is 0 Å². The van der Waals surface area contributed by atoms with Gasteiger partial charge in [0.05, 0.1) is 0 Å². The van der Waals surface area contributed by atoms with Gasteiger partial charge in [0.25, 0.3) is 14.2 Å². The van der Waals surface area contributed by atoms with Crippen molar-refractivity contribution < 1.29 is 8.42 Å². The number of nitrogens with zero attached hydrogens (tertiary/aromatic N) is 3. The zero-order valence-corrected chi connectivity index (χ0v) is 9.71. The predicted molar refractivity (Wildman–Crippen MR) is 53.7 cm³/mol. The van der Waals surface area contributed by atoms with Crippen LogP contribution in [0.5, 0.6) is 0 Å². The molecule has 0 radical (unpaired) electrons. The lowest BCUT2D eigenvalue weighted by atomic mass is 10.5. The maximum absolute atomic E-state index is 10.9. The largest absolute Gasteiger partial charge is 0.298 e. The summed E-state index contributed by atoms with van der Waals surface area (Å²) in [4.78, 5) is 3.75. The number of pyridine rings is 1. The van der Waals surface area contributed by atoms with Gasteiger partial charge in [-0.05, 0) is 12.1 Å². The number of hydrogen-bond acceptors (Lipinski definition) is 4. The van der Waals surface area contributed by atoms with Crippen molar-refractivity contribution in [3.63, 3.8) is 0 Å². The molecule has 14 heavy (non-hydrogen) atoms. The Bertz CT molecular complexity index is 594. The van der Waals surface area contributed by atoms with E-state index >= 15 is 0 Å². The van der Waals surface area contributed by atoms with Crippen LogP contribution in [-0.2, 0) is 9.05 Å². The Hall–Kier alpha value is -0.660. The second kappa shape index (κ2) is 3.18. The molecule has 0 aliphatic rings. The molecule has 0 bridgehead atoms. The number of fused-ring (bicyclic) bond motifs is 1. The summed E-state index contributed by atoms with van der Waals surface area (Å²) in [5.74, 6) is 0. The monoisotopic (exact) mass is 295 g/mol. The first-order chi connectivity index (χ1) is 6.47. The van der Waals surface area contributed by atoms with Gasteiger partial charge in [0.1, 0.15) is 0 Å². The molecule has 2 aromatic heterocycles. The third kappa shape index (κ3) is 1.75. The summed E-state index contributed by atoms with van der Waals surface area (Å²) >= 11 is 3.23. The highest BCUT2D eigenvalue weighted by Crippen LogP contribution is 2.15. The molecular weight excluding hydrogens is 294 g/mol. The Morgan fingerprint density at radius 3 is 2.86 bits per heavy atom. The predicted octanol–water partition coefficient (Wildman–Crippen LogP) is 1.42. The molecule has 0 aliphatic heterocycles. The van der Waals surface area contributed by atoms with Crippen molar-refractivity contribution in [2.45, 2.75) is 5.16 Å². The fourth-order valence-electron chi connectivity index (χ4n) is 0.940. The van der Waals surface area contributed by atoms with Gasteiger partial charge in [0, 0.05) is 21.4 Å². The van der Waals surface area contributed by atoms with Crippen LogP contribution in [0.1, 0.15) is 0 Å². The molecule has 0 atom stereocenters.